The van der Waals surface area contributed by atoms with Gasteiger partial charge in [-0.05, 0) is 77.6 Å². The van der Waals surface area contributed by atoms with E-state index in [0.717, 1.165) is 40.8 Å². The van der Waals surface area contributed by atoms with E-state index in [4.69, 9.17) is 14.2 Å². The van der Waals surface area contributed by atoms with E-state index in [1.807, 2.05) is 24.3 Å². The van der Waals surface area contributed by atoms with Gasteiger partial charge in [0.15, 0.2) is 6.29 Å². The normalized spacial score (nSPS) is 15.7. The molecule has 0 amide bonds. The van der Waals surface area contributed by atoms with Crippen molar-refractivity contribution in [1.82, 2.24) is 0 Å². The van der Waals surface area contributed by atoms with Crippen molar-refractivity contribution in [3.05, 3.63) is 96.1 Å². The number of ether oxygens (including phenoxy) is 3. The zero-order valence-corrected chi connectivity index (χ0v) is 21.0. The summed E-state index contributed by atoms with van der Waals surface area (Å²) in [5, 5.41) is 12.4. The van der Waals surface area contributed by atoms with Crippen molar-refractivity contribution in [1.29, 1.82) is 0 Å². The first-order valence-electron chi connectivity index (χ1n) is 12.3. The standard InChI is InChI=1S/C31H28O4S/c1-33-24-14-10-21(11-15-24)29(31-34-16-4-5-17-35-31)22-18-26(20-8-12-23(32)13-9-20)30-27(19-22)25-6-2-3-7-28(25)36-30/h2-3,6-15,18-19,29,31-32H,4-5,16-17H2,1H3. The lowest BCUT2D eigenvalue weighted by molar-refractivity contribution is -0.134. The maximum Gasteiger partial charge on any atom is 0.168 e. The van der Waals surface area contributed by atoms with E-state index >= 15 is 0 Å². The molecule has 1 aliphatic heterocycles. The summed E-state index contributed by atoms with van der Waals surface area (Å²) in [6, 6.07) is 28.8. The smallest absolute Gasteiger partial charge is 0.168 e. The number of phenolic OH excluding ortho intramolecular Hbond substituents is 1. The van der Waals surface area contributed by atoms with Gasteiger partial charge in [-0.3, -0.25) is 0 Å². The van der Waals surface area contributed by atoms with Crippen molar-refractivity contribution in [3.8, 4) is 22.6 Å². The first-order valence-corrected chi connectivity index (χ1v) is 13.1. The minimum absolute atomic E-state index is 0.104. The quantitative estimate of drug-likeness (QED) is 0.271. The molecule has 2 heterocycles. The second kappa shape index (κ2) is 9.94. The molecule has 1 aromatic heterocycles. The van der Waals surface area contributed by atoms with E-state index in [0.29, 0.717) is 13.2 Å². The van der Waals surface area contributed by atoms with Gasteiger partial charge >= 0.3 is 0 Å². The summed E-state index contributed by atoms with van der Waals surface area (Å²) in [5.74, 6) is 0.982. The van der Waals surface area contributed by atoms with Crippen molar-refractivity contribution >= 4 is 31.5 Å². The number of fused-ring (bicyclic) bond motifs is 3. The number of thiophene rings is 1. The predicted molar refractivity (Wildman–Crippen MR) is 146 cm³/mol. The zero-order chi connectivity index (χ0) is 24.5. The number of hydrogen-bond acceptors (Lipinski definition) is 5. The van der Waals surface area contributed by atoms with Crippen LogP contribution in [-0.4, -0.2) is 31.7 Å². The average Bonchev–Trinajstić information content (AvgIpc) is 3.08. The minimum Gasteiger partial charge on any atom is -0.508 e. The lowest BCUT2D eigenvalue weighted by Gasteiger charge is -2.27. The Morgan fingerprint density at radius 3 is 2.28 bits per heavy atom. The van der Waals surface area contributed by atoms with Crippen molar-refractivity contribution in [2.45, 2.75) is 25.0 Å². The molecule has 0 aliphatic carbocycles. The minimum atomic E-state index is -0.379. The highest BCUT2D eigenvalue weighted by atomic mass is 32.1. The molecule has 1 aliphatic rings. The highest BCUT2D eigenvalue weighted by Gasteiger charge is 2.29. The molecule has 0 spiro atoms. The van der Waals surface area contributed by atoms with Crippen LogP contribution in [0.3, 0.4) is 0 Å². The van der Waals surface area contributed by atoms with Gasteiger partial charge in [0.2, 0.25) is 0 Å². The summed E-state index contributed by atoms with van der Waals surface area (Å²) in [6.45, 7) is 1.37. The molecule has 5 aromatic rings. The first-order chi connectivity index (χ1) is 17.7. The van der Waals surface area contributed by atoms with Gasteiger partial charge in [0.05, 0.1) is 13.0 Å². The molecule has 4 nitrogen and oxygen atoms in total. The molecule has 4 aromatic carbocycles. The summed E-state index contributed by atoms with van der Waals surface area (Å²) in [6.07, 6.45) is 1.62. The van der Waals surface area contributed by atoms with Crippen molar-refractivity contribution in [2.75, 3.05) is 20.3 Å². The third-order valence-corrected chi connectivity index (χ3v) is 8.11. The van der Waals surface area contributed by atoms with E-state index in [1.54, 1.807) is 30.6 Å². The topological polar surface area (TPSA) is 47.9 Å². The van der Waals surface area contributed by atoms with Gasteiger partial charge in [-0.1, -0.05) is 42.5 Å². The second-order valence-corrected chi connectivity index (χ2v) is 10.2. The number of methoxy groups -OCH3 is 1. The molecule has 1 fully saturated rings. The van der Waals surface area contributed by atoms with Crippen LogP contribution in [0.15, 0.2) is 84.9 Å². The summed E-state index contributed by atoms with van der Waals surface area (Å²) in [5.41, 5.74) is 4.49. The molecule has 1 N–H and O–H groups in total. The fourth-order valence-corrected chi connectivity index (χ4v) is 6.27. The van der Waals surface area contributed by atoms with Gasteiger partial charge in [-0.15, -0.1) is 11.3 Å². The molecule has 36 heavy (non-hydrogen) atoms. The first kappa shape index (κ1) is 23.0. The number of phenols is 1. The largest absolute Gasteiger partial charge is 0.508 e. The van der Waals surface area contributed by atoms with E-state index in [2.05, 4.69) is 48.5 Å². The van der Waals surface area contributed by atoms with Crippen LogP contribution in [0.25, 0.3) is 31.3 Å². The monoisotopic (exact) mass is 496 g/mol. The van der Waals surface area contributed by atoms with Crippen LogP contribution in [0, 0.1) is 0 Å². The Kier molecular flexibility index (Phi) is 6.36. The Bertz CT molecular complexity index is 1480. The van der Waals surface area contributed by atoms with E-state index in [1.165, 1.54) is 20.2 Å². The van der Waals surface area contributed by atoms with Gasteiger partial charge in [0.1, 0.15) is 11.5 Å². The average molecular weight is 497 g/mol. The third kappa shape index (κ3) is 4.35. The molecule has 5 heteroatoms. The van der Waals surface area contributed by atoms with Crippen molar-refractivity contribution in [3.63, 3.8) is 0 Å². The van der Waals surface area contributed by atoms with Crippen LogP contribution in [0.2, 0.25) is 0 Å². The van der Waals surface area contributed by atoms with Crippen LogP contribution < -0.4 is 4.74 Å². The predicted octanol–water partition coefficient (Wildman–Crippen LogP) is 7.72. The molecule has 182 valence electrons. The van der Waals surface area contributed by atoms with Gasteiger partial charge in [-0.25, -0.2) is 0 Å². The molecule has 0 bridgehead atoms. The van der Waals surface area contributed by atoms with Crippen molar-refractivity contribution < 1.29 is 19.3 Å². The molecule has 1 unspecified atom stereocenters. The summed E-state index contributed by atoms with van der Waals surface area (Å²) < 4.78 is 20.5. The Hall–Kier alpha value is -3.38. The van der Waals surface area contributed by atoms with Gasteiger partial charge in [0.25, 0.3) is 0 Å². The van der Waals surface area contributed by atoms with Crippen LogP contribution in [-0.2, 0) is 9.47 Å². The molecule has 0 saturated carbocycles. The number of hydrogen-bond donors (Lipinski definition) is 1. The maximum atomic E-state index is 9.92. The fraction of sp³-hybridized carbons (Fsp3) is 0.226. The Labute approximate surface area is 214 Å². The number of aromatic hydroxyl groups is 1. The summed E-state index contributed by atoms with van der Waals surface area (Å²) >= 11 is 1.81. The maximum absolute atomic E-state index is 9.92. The SMILES string of the molecule is COc1ccc(C(c2cc(-c3ccc(O)cc3)c3sc4ccccc4c3c2)C2OCCCCO2)cc1. The van der Waals surface area contributed by atoms with E-state index < -0.39 is 0 Å². The lowest BCUT2D eigenvalue weighted by atomic mass is 9.87. The van der Waals surface area contributed by atoms with E-state index in [9.17, 15) is 5.11 Å². The molecular formula is C31H28O4S. The van der Waals surface area contributed by atoms with Crippen molar-refractivity contribution in [2.24, 2.45) is 0 Å². The van der Waals surface area contributed by atoms with Gasteiger partial charge < -0.3 is 19.3 Å². The Morgan fingerprint density at radius 1 is 0.833 bits per heavy atom. The molecular weight excluding hydrogens is 468 g/mol. The lowest BCUT2D eigenvalue weighted by Crippen LogP contribution is -2.26. The van der Waals surface area contributed by atoms with Gasteiger partial charge in [-0.2, -0.15) is 0 Å². The summed E-state index contributed by atoms with van der Waals surface area (Å²) in [7, 11) is 1.68. The molecule has 6 rings (SSSR count). The highest BCUT2D eigenvalue weighted by molar-refractivity contribution is 7.26. The van der Waals surface area contributed by atoms with Crippen LogP contribution in [0.4, 0.5) is 0 Å². The highest BCUT2D eigenvalue weighted by Crippen LogP contribution is 2.44. The number of benzene rings is 4. The summed E-state index contributed by atoms with van der Waals surface area (Å²) in [4.78, 5) is 0. The molecule has 0 radical (unpaired) electrons. The van der Waals surface area contributed by atoms with E-state index in [-0.39, 0.29) is 18.0 Å². The fourth-order valence-electron chi connectivity index (χ4n) is 5.05. The molecule has 1 saturated heterocycles. The van der Waals surface area contributed by atoms with Crippen LogP contribution >= 0.6 is 11.3 Å². The Morgan fingerprint density at radius 2 is 1.56 bits per heavy atom. The third-order valence-electron chi connectivity index (χ3n) is 6.89. The Balaban J connectivity index is 1.59. The zero-order valence-electron chi connectivity index (χ0n) is 20.1. The van der Waals surface area contributed by atoms with Crippen LogP contribution in [0.1, 0.15) is 29.9 Å². The van der Waals surface area contributed by atoms with Gasteiger partial charge in [0, 0.05) is 33.4 Å². The second-order valence-electron chi connectivity index (χ2n) is 9.16. The molecule has 1 atom stereocenters. The van der Waals surface area contributed by atoms with Crippen LogP contribution in [0.5, 0.6) is 11.5 Å². The number of rotatable bonds is 5.